The Morgan fingerprint density at radius 3 is 2.59 bits per heavy atom. The lowest BCUT2D eigenvalue weighted by Crippen LogP contribution is -2.45. The van der Waals surface area contributed by atoms with E-state index >= 15 is 0 Å². The zero-order chi connectivity index (χ0) is 15.9. The molecule has 1 aromatic carbocycles. The summed E-state index contributed by atoms with van der Waals surface area (Å²) < 4.78 is 15.1. The van der Waals surface area contributed by atoms with Crippen LogP contribution in [0.1, 0.15) is 12.0 Å². The van der Waals surface area contributed by atoms with Gasteiger partial charge in [0.2, 0.25) is 5.91 Å². The maximum absolute atomic E-state index is 12.1. The van der Waals surface area contributed by atoms with Gasteiger partial charge in [0.25, 0.3) is 0 Å². The molecule has 1 saturated heterocycles. The highest BCUT2D eigenvalue weighted by Crippen LogP contribution is 2.15. The van der Waals surface area contributed by atoms with Crippen LogP contribution in [0, 0.1) is 5.92 Å². The second-order valence-electron chi connectivity index (χ2n) is 5.20. The van der Waals surface area contributed by atoms with Crippen molar-refractivity contribution in [3.05, 3.63) is 29.8 Å². The molecule has 2 atom stereocenters. The standard InChI is InChI=1S/C16H21NO5/c1-20-13-5-3-11(4-6-13)9-14(16(19)21-2)17-15(18)12-7-8-22-10-12/h3-6,12,14H,7-10H2,1-2H3,(H,17,18)/t12-,14-/m1/s1. The molecular formula is C16H21NO5. The molecule has 6 nitrogen and oxygen atoms in total. The minimum absolute atomic E-state index is 0.165. The van der Waals surface area contributed by atoms with Crippen LogP contribution in [0.4, 0.5) is 0 Å². The van der Waals surface area contributed by atoms with Crippen LogP contribution in [-0.2, 0) is 25.5 Å². The Morgan fingerprint density at radius 2 is 2.05 bits per heavy atom. The van der Waals surface area contributed by atoms with Crippen LogP contribution in [0.3, 0.4) is 0 Å². The first-order chi connectivity index (χ1) is 10.6. The van der Waals surface area contributed by atoms with Crippen molar-refractivity contribution in [3.8, 4) is 5.75 Å². The molecule has 1 aliphatic rings. The lowest BCUT2D eigenvalue weighted by molar-refractivity contribution is -0.145. The normalized spacial score (nSPS) is 18.5. The van der Waals surface area contributed by atoms with Gasteiger partial charge in [0, 0.05) is 13.0 Å². The molecule has 2 rings (SSSR count). The van der Waals surface area contributed by atoms with Crippen molar-refractivity contribution < 1.29 is 23.8 Å². The average Bonchev–Trinajstić information content (AvgIpc) is 3.08. The average molecular weight is 307 g/mol. The van der Waals surface area contributed by atoms with E-state index in [1.807, 2.05) is 24.3 Å². The summed E-state index contributed by atoms with van der Waals surface area (Å²) in [6, 6.07) is 6.65. The van der Waals surface area contributed by atoms with Gasteiger partial charge in [-0.15, -0.1) is 0 Å². The fraction of sp³-hybridized carbons (Fsp3) is 0.500. The highest BCUT2D eigenvalue weighted by molar-refractivity contribution is 5.86. The Kier molecular flexibility index (Phi) is 5.77. The van der Waals surface area contributed by atoms with Crippen molar-refractivity contribution in [2.24, 2.45) is 5.92 Å². The molecule has 0 aromatic heterocycles. The van der Waals surface area contributed by atoms with Gasteiger partial charge < -0.3 is 19.5 Å². The van der Waals surface area contributed by atoms with E-state index in [2.05, 4.69) is 5.32 Å². The van der Waals surface area contributed by atoms with Gasteiger partial charge in [-0.3, -0.25) is 4.79 Å². The summed E-state index contributed by atoms with van der Waals surface area (Å²) in [6.45, 7) is 0.988. The van der Waals surface area contributed by atoms with Gasteiger partial charge in [0.1, 0.15) is 11.8 Å². The molecule has 0 bridgehead atoms. The summed E-state index contributed by atoms with van der Waals surface area (Å²) >= 11 is 0. The van der Waals surface area contributed by atoms with Crippen molar-refractivity contribution >= 4 is 11.9 Å². The molecule has 6 heteroatoms. The zero-order valence-corrected chi connectivity index (χ0v) is 12.8. The van der Waals surface area contributed by atoms with E-state index in [0.717, 1.165) is 11.3 Å². The molecule has 1 N–H and O–H groups in total. The molecule has 0 radical (unpaired) electrons. The third-order valence-corrected chi connectivity index (χ3v) is 3.70. The topological polar surface area (TPSA) is 73.9 Å². The van der Waals surface area contributed by atoms with E-state index in [-0.39, 0.29) is 11.8 Å². The Morgan fingerprint density at radius 1 is 1.32 bits per heavy atom. The quantitative estimate of drug-likeness (QED) is 0.792. The first-order valence-corrected chi connectivity index (χ1v) is 7.23. The highest BCUT2D eigenvalue weighted by Gasteiger charge is 2.28. The summed E-state index contributed by atoms with van der Waals surface area (Å²) in [7, 11) is 2.91. The Balaban J connectivity index is 2.01. The number of hydrogen-bond donors (Lipinski definition) is 1. The number of benzene rings is 1. The van der Waals surface area contributed by atoms with Crippen LogP contribution in [-0.4, -0.2) is 45.4 Å². The predicted octanol–water partition coefficient (Wildman–Crippen LogP) is 0.932. The van der Waals surface area contributed by atoms with Crippen LogP contribution in [0.2, 0.25) is 0 Å². The first-order valence-electron chi connectivity index (χ1n) is 7.23. The number of hydrogen-bond acceptors (Lipinski definition) is 5. The van der Waals surface area contributed by atoms with Crippen LogP contribution in [0.5, 0.6) is 5.75 Å². The number of methoxy groups -OCH3 is 2. The summed E-state index contributed by atoms with van der Waals surface area (Å²) in [5.41, 5.74) is 0.916. The highest BCUT2D eigenvalue weighted by atomic mass is 16.5. The number of carbonyl (C=O) groups is 2. The smallest absolute Gasteiger partial charge is 0.328 e. The second kappa shape index (κ2) is 7.79. The van der Waals surface area contributed by atoms with E-state index in [1.54, 1.807) is 7.11 Å². The number of carbonyl (C=O) groups excluding carboxylic acids is 2. The van der Waals surface area contributed by atoms with Crippen LogP contribution in [0.25, 0.3) is 0 Å². The third-order valence-electron chi connectivity index (χ3n) is 3.70. The Bertz CT molecular complexity index is 508. The van der Waals surface area contributed by atoms with E-state index < -0.39 is 12.0 Å². The van der Waals surface area contributed by atoms with Gasteiger partial charge in [-0.1, -0.05) is 12.1 Å². The maximum atomic E-state index is 12.1. The lowest BCUT2D eigenvalue weighted by Gasteiger charge is -2.18. The number of esters is 1. The molecule has 1 aromatic rings. The molecule has 1 aliphatic heterocycles. The largest absolute Gasteiger partial charge is 0.497 e. The lowest BCUT2D eigenvalue weighted by atomic mass is 10.0. The van der Waals surface area contributed by atoms with Gasteiger partial charge in [-0.25, -0.2) is 4.79 Å². The summed E-state index contributed by atoms with van der Waals surface area (Å²) in [5, 5.41) is 2.76. The molecule has 1 fully saturated rings. The number of amides is 1. The van der Waals surface area contributed by atoms with Gasteiger partial charge in [-0.2, -0.15) is 0 Å². The van der Waals surface area contributed by atoms with E-state index in [1.165, 1.54) is 7.11 Å². The van der Waals surface area contributed by atoms with E-state index in [9.17, 15) is 9.59 Å². The van der Waals surface area contributed by atoms with Crippen molar-refractivity contribution in [2.45, 2.75) is 18.9 Å². The Hall–Kier alpha value is -2.08. The van der Waals surface area contributed by atoms with Crippen molar-refractivity contribution in [1.29, 1.82) is 0 Å². The van der Waals surface area contributed by atoms with Gasteiger partial charge in [-0.05, 0) is 24.1 Å². The molecule has 1 heterocycles. The number of ether oxygens (including phenoxy) is 3. The minimum atomic E-state index is -0.702. The van der Waals surface area contributed by atoms with Crippen LogP contribution < -0.4 is 10.1 Å². The molecule has 0 spiro atoms. The molecule has 120 valence electrons. The summed E-state index contributed by atoms with van der Waals surface area (Å²) in [5.74, 6) is -0.0713. The van der Waals surface area contributed by atoms with Gasteiger partial charge in [0.15, 0.2) is 0 Å². The van der Waals surface area contributed by atoms with Crippen molar-refractivity contribution in [3.63, 3.8) is 0 Å². The third kappa shape index (κ3) is 4.21. The summed E-state index contributed by atoms with van der Waals surface area (Å²) in [6.07, 6.45) is 1.05. The van der Waals surface area contributed by atoms with E-state index in [0.29, 0.717) is 26.1 Å². The monoisotopic (exact) mass is 307 g/mol. The predicted molar refractivity (Wildman–Crippen MR) is 79.6 cm³/mol. The molecule has 0 unspecified atom stereocenters. The number of rotatable bonds is 6. The van der Waals surface area contributed by atoms with Crippen molar-refractivity contribution in [1.82, 2.24) is 5.32 Å². The number of nitrogens with one attached hydrogen (secondary N) is 1. The van der Waals surface area contributed by atoms with Crippen LogP contribution in [0.15, 0.2) is 24.3 Å². The maximum Gasteiger partial charge on any atom is 0.328 e. The molecule has 1 amide bonds. The summed E-state index contributed by atoms with van der Waals surface area (Å²) in [4.78, 5) is 24.0. The zero-order valence-electron chi connectivity index (χ0n) is 12.8. The van der Waals surface area contributed by atoms with Crippen LogP contribution >= 0.6 is 0 Å². The molecule has 0 saturated carbocycles. The minimum Gasteiger partial charge on any atom is -0.497 e. The molecule has 22 heavy (non-hydrogen) atoms. The van der Waals surface area contributed by atoms with E-state index in [4.69, 9.17) is 14.2 Å². The van der Waals surface area contributed by atoms with Gasteiger partial charge in [0.05, 0.1) is 26.7 Å². The van der Waals surface area contributed by atoms with Crippen molar-refractivity contribution in [2.75, 3.05) is 27.4 Å². The molecular weight excluding hydrogens is 286 g/mol. The fourth-order valence-electron chi connectivity index (χ4n) is 2.36. The molecule has 0 aliphatic carbocycles. The first kappa shape index (κ1) is 16.3. The Labute approximate surface area is 129 Å². The fourth-order valence-corrected chi connectivity index (χ4v) is 2.36. The van der Waals surface area contributed by atoms with Gasteiger partial charge >= 0.3 is 5.97 Å². The SMILES string of the molecule is COC(=O)[C@@H](Cc1ccc(OC)cc1)NC(=O)[C@@H]1CCOC1. The second-order valence-corrected chi connectivity index (χ2v) is 5.20.